The standard InChI is InChI=1S/C16H22N4O2/c1-11-19-13(10-17)9-15(20-11)18-8-7-12-5-4-6-14(21-2)16(12)22-3/h4-6,9H,7-8,10,17H2,1-3H3,(H,18,19,20). The summed E-state index contributed by atoms with van der Waals surface area (Å²) in [6.45, 7) is 2.99. The molecule has 1 aromatic carbocycles. The molecule has 0 bridgehead atoms. The van der Waals surface area contributed by atoms with Crippen molar-refractivity contribution in [2.45, 2.75) is 19.9 Å². The lowest BCUT2D eigenvalue weighted by Gasteiger charge is -2.13. The molecule has 22 heavy (non-hydrogen) atoms. The summed E-state index contributed by atoms with van der Waals surface area (Å²) >= 11 is 0. The fourth-order valence-electron chi connectivity index (χ4n) is 2.30. The number of ether oxygens (including phenoxy) is 2. The van der Waals surface area contributed by atoms with Gasteiger partial charge in [-0.05, 0) is 25.0 Å². The molecule has 6 heteroatoms. The van der Waals surface area contributed by atoms with E-state index in [4.69, 9.17) is 15.2 Å². The van der Waals surface area contributed by atoms with Gasteiger partial charge < -0.3 is 20.5 Å². The van der Waals surface area contributed by atoms with E-state index >= 15 is 0 Å². The van der Waals surface area contributed by atoms with E-state index < -0.39 is 0 Å². The lowest BCUT2D eigenvalue weighted by Crippen LogP contribution is -2.10. The van der Waals surface area contributed by atoms with Crippen molar-refractivity contribution in [3.05, 3.63) is 41.3 Å². The molecule has 0 aliphatic heterocycles. The van der Waals surface area contributed by atoms with Crippen molar-refractivity contribution in [3.63, 3.8) is 0 Å². The molecule has 1 heterocycles. The first-order valence-corrected chi connectivity index (χ1v) is 7.16. The summed E-state index contributed by atoms with van der Waals surface area (Å²) in [7, 11) is 3.29. The molecule has 0 saturated heterocycles. The van der Waals surface area contributed by atoms with E-state index in [0.29, 0.717) is 12.4 Å². The van der Waals surface area contributed by atoms with Gasteiger partial charge in [-0.2, -0.15) is 0 Å². The maximum atomic E-state index is 5.63. The van der Waals surface area contributed by atoms with E-state index in [9.17, 15) is 0 Å². The Balaban J connectivity index is 2.04. The van der Waals surface area contributed by atoms with Crippen molar-refractivity contribution >= 4 is 5.82 Å². The van der Waals surface area contributed by atoms with E-state index in [1.165, 1.54) is 0 Å². The lowest BCUT2D eigenvalue weighted by molar-refractivity contribution is 0.352. The fourth-order valence-corrected chi connectivity index (χ4v) is 2.30. The van der Waals surface area contributed by atoms with Crippen molar-refractivity contribution in [3.8, 4) is 11.5 Å². The number of aromatic nitrogens is 2. The highest BCUT2D eigenvalue weighted by atomic mass is 16.5. The molecule has 0 radical (unpaired) electrons. The normalized spacial score (nSPS) is 10.4. The first-order valence-electron chi connectivity index (χ1n) is 7.16. The van der Waals surface area contributed by atoms with Crippen LogP contribution in [0.15, 0.2) is 24.3 Å². The molecule has 3 N–H and O–H groups in total. The average molecular weight is 302 g/mol. The molecule has 0 unspecified atom stereocenters. The van der Waals surface area contributed by atoms with Crippen LogP contribution in [0, 0.1) is 6.92 Å². The molecule has 0 aliphatic carbocycles. The van der Waals surface area contributed by atoms with Crippen LogP contribution in [-0.4, -0.2) is 30.7 Å². The zero-order valence-corrected chi connectivity index (χ0v) is 13.2. The summed E-state index contributed by atoms with van der Waals surface area (Å²) < 4.78 is 10.7. The van der Waals surface area contributed by atoms with Gasteiger partial charge in [-0.25, -0.2) is 9.97 Å². The van der Waals surface area contributed by atoms with Gasteiger partial charge in [0.05, 0.1) is 19.9 Å². The van der Waals surface area contributed by atoms with Crippen LogP contribution in [0.25, 0.3) is 0 Å². The highest BCUT2D eigenvalue weighted by molar-refractivity contribution is 5.47. The summed E-state index contributed by atoms with van der Waals surface area (Å²) in [5.41, 5.74) is 7.54. The van der Waals surface area contributed by atoms with E-state index in [-0.39, 0.29) is 0 Å². The van der Waals surface area contributed by atoms with Gasteiger partial charge in [-0.15, -0.1) is 0 Å². The van der Waals surface area contributed by atoms with Gasteiger partial charge in [0.2, 0.25) is 0 Å². The highest BCUT2D eigenvalue weighted by Crippen LogP contribution is 2.30. The number of nitrogens with two attached hydrogens (primary N) is 1. The first-order chi connectivity index (χ1) is 10.7. The summed E-state index contributed by atoms with van der Waals surface area (Å²) in [5, 5.41) is 3.29. The van der Waals surface area contributed by atoms with E-state index in [1.807, 2.05) is 31.2 Å². The van der Waals surface area contributed by atoms with Crippen molar-refractivity contribution in [1.29, 1.82) is 0 Å². The van der Waals surface area contributed by atoms with Crippen LogP contribution >= 0.6 is 0 Å². The maximum absolute atomic E-state index is 5.63. The molecular formula is C16H22N4O2. The number of methoxy groups -OCH3 is 2. The number of para-hydroxylation sites is 1. The quantitative estimate of drug-likeness (QED) is 0.813. The second kappa shape index (κ2) is 7.61. The molecule has 2 aromatic rings. The van der Waals surface area contributed by atoms with E-state index in [0.717, 1.165) is 41.5 Å². The van der Waals surface area contributed by atoms with Gasteiger partial charge in [0.1, 0.15) is 11.6 Å². The SMILES string of the molecule is COc1cccc(CCNc2cc(CN)nc(C)n2)c1OC. The van der Waals surface area contributed by atoms with Gasteiger partial charge in [0.15, 0.2) is 11.5 Å². The molecule has 0 amide bonds. The van der Waals surface area contributed by atoms with Crippen LogP contribution < -0.4 is 20.5 Å². The zero-order valence-electron chi connectivity index (χ0n) is 13.2. The van der Waals surface area contributed by atoms with Gasteiger partial charge in [0, 0.05) is 19.2 Å². The molecule has 118 valence electrons. The van der Waals surface area contributed by atoms with Crippen LogP contribution in [0.5, 0.6) is 11.5 Å². The largest absolute Gasteiger partial charge is 0.493 e. The highest BCUT2D eigenvalue weighted by Gasteiger charge is 2.09. The Morgan fingerprint density at radius 3 is 2.68 bits per heavy atom. The smallest absolute Gasteiger partial charge is 0.163 e. The molecule has 6 nitrogen and oxygen atoms in total. The molecule has 0 aliphatic rings. The van der Waals surface area contributed by atoms with Gasteiger partial charge >= 0.3 is 0 Å². The summed E-state index contributed by atoms with van der Waals surface area (Å²) in [6, 6.07) is 7.74. The molecule has 2 rings (SSSR count). The van der Waals surface area contributed by atoms with Crippen molar-refractivity contribution in [2.75, 3.05) is 26.1 Å². The Morgan fingerprint density at radius 2 is 2.00 bits per heavy atom. The lowest BCUT2D eigenvalue weighted by atomic mass is 10.1. The van der Waals surface area contributed by atoms with Gasteiger partial charge in [0.25, 0.3) is 0 Å². The number of nitrogens with zero attached hydrogens (tertiary/aromatic N) is 2. The minimum Gasteiger partial charge on any atom is -0.493 e. The Bertz CT molecular complexity index is 632. The van der Waals surface area contributed by atoms with E-state index in [2.05, 4.69) is 15.3 Å². The maximum Gasteiger partial charge on any atom is 0.163 e. The number of rotatable bonds is 7. The number of nitrogens with one attached hydrogen (secondary N) is 1. The molecule has 0 spiro atoms. The molecule has 0 saturated carbocycles. The van der Waals surface area contributed by atoms with Crippen LogP contribution in [0.3, 0.4) is 0 Å². The van der Waals surface area contributed by atoms with Crippen molar-refractivity contribution < 1.29 is 9.47 Å². The molecular weight excluding hydrogens is 280 g/mol. The predicted molar refractivity (Wildman–Crippen MR) is 86.4 cm³/mol. The van der Waals surface area contributed by atoms with Crippen LogP contribution in [0.2, 0.25) is 0 Å². The summed E-state index contributed by atoms with van der Waals surface area (Å²) in [5.74, 6) is 3.01. The van der Waals surface area contributed by atoms with Crippen LogP contribution in [0.1, 0.15) is 17.1 Å². The third kappa shape index (κ3) is 3.85. The Morgan fingerprint density at radius 1 is 1.18 bits per heavy atom. The topological polar surface area (TPSA) is 82.3 Å². The number of benzene rings is 1. The minimum absolute atomic E-state index is 0.405. The number of hydrogen-bond donors (Lipinski definition) is 2. The van der Waals surface area contributed by atoms with Crippen LogP contribution in [0.4, 0.5) is 5.82 Å². The fraction of sp³-hybridized carbons (Fsp3) is 0.375. The monoisotopic (exact) mass is 302 g/mol. The Labute approximate surface area is 130 Å². The minimum atomic E-state index is 0.405. The Hall–Kier alpha value is -2.34. The third-order valence-corrected chi connectivity index (χ3v) is 3.29. The average Bonchev–Trinajstić information content (AvgIpc) is 2.53. The van der Waals surface area contributed by atoms with Crippen molar-refractivity contribution in [2.24, 2.45) is 5.73 Å². The zero-order chi connectivity index (χ0) is 15.9. The number of anilines is 1. The molecule has 0 atom stereocenters. The first kappa shape index (κ1) is 16.0. The number of aryl methyl sites for hydroxylation is 1. The number of hydrogen-bond acceptors (Lipinski definition) is 6. The third-order valence-electron chi connectivity index (χ3n) is 3.29. The van der Waals surface area contributed by atoms with Gasteiger partial charge in [-0.1, -0.05) is 12.1 Å². The Kier molecular flexibility index (Phi) is 5.55. The van der Waals surface area contributed by atoms with Crippen LogP contribution in [-0.2, 0) is 13.0 Å². The predicted octanol–water partition coefficient (Wildman–Crippen LogP) is 1.92. The second-order valence-electron chi connectivity index (χ2n) is 4.83. The van der Waals surface area contributed by atoms with Gasteiger partial charge in [-0.3, -0.25) is 0 Å². The molecule has 1 aromatic heterocycles. The van der Waals surface area contributed by atoms with E-state index in [1.54, 1.807) is 14.2 Å². The summed E-state index contributed by atoms with van der Waals surface area (Å²) in [6.07, 6.45) is 0.793. The van der Waals surface area contributed by atoms with Crippen molar-refractivity contribution in [1.82, 2.24) is 9.97 Å². The summed E-state index contributed by atoms with van der Waals surface area (Å²) in [4.78, 5) is 8.61. The second-order valence-corrected chi connectivity index (χ2v) is 4.83. The molecule has 0 fully saturated rings.